The van der Waals surface area contributed by atoms with Gasteiger partial charge < -0.3 is 10.1 Å². The van der Waals surface area contributed by atoms with Gasteiger partial charge in [-0.25, -0.2) is 0 Å². The third-order valence-electron chi connectivity index (χ3n) is 2.28. The van der Waals surface area contributed by atoms with E-state index in [1.54, 1.807) is 0 Å². The monoisotopic (exact) mass is 203 g/mol. The Hall–Kier alpha value is -0.0500. The first-order valence-electron chi connectivity index (χ1n) is 4.86. The molecule has 0 spiro atoms. The normalized spacial score (nSPS) is 24.6. The van der Waals surface area contributed by atoms with Crippen LogP contribution in [0.2, 0.25) is 0 Å². The predicted molar refractivity (Wildman–Crippen MR) is 56.0 cm³/mol. The minimum Gasteiger partial charge on any atom is -0.378 e. The first-order chi connectivity index (χ1) is 6.18. The molecule has 0 aromatic carbocycles. The van der Waals surface area contributed by atoms with E-state index in [9.17, 15) is 0 Å². The Morgan fingerprint density at radius 2 is 2.54 bits per heavy atom. The molecule has 1 aliphatic rings. The zero-order valence-electron chi connectivity index (χ0n) is 8.18. The summed E-state index contributed by atoms with van der Waals surface area (Å²) in [4.78, 5) is 0. The fourth-order valence-corrected chi connectivity index (χ4v) is 1.67. The summed E-state index contributed by atoms with van der Waals surface area (Å²) in [7, 11) is 0. The molecule has 0 aliphatic carbocycles. The fraction of sp³-hybridized carbons (Fsp3) is 0.800. The van der Waals surface area contributed by atoms with Crippen LogP contribution in [0.25, 0.3) is 0 Å². The lowest BCUT2D eigenvalue weighted by atomic mass is 10.1. The van der Waals surface area contributed by atoms with Gasteiger partial charge in [0.05, 0.1) is 6.10 Å². The van der Waals surface area contributed by atoms with Gasteiger partial charge in [0, 0.05) is 24.2 Å². The number of ether oxygens (including phenoxy) is 1. The highest BCUT2D eigenvalue weighted by molar-refractivity contribution is 6.29. The van der Waals surface area contributed by atoms with E-state index in [0.29, 0.717) is 23.7 Å². The maximum Gasteiger partial charge on any atom is 0.0590 e. The Kier molecular flexibility index (Phi) is 4.78. The third-order valence-corrected chi connectivity index (χ3v) is 2.42. The molecule has 2 nitrogen and oxygen atoms in total. The molecule has 0 amide bonds. The minimum atomic E-state index is 0.450. The van der Waals surface area contributed by atoms with Gasteiger partial charge in [0.1, 0.15) is 0 Å². The standard InChI is InChI=1S/C10H18ClNO/c1-8(11)7-12-9(2)6-10-4-3-5-13-10/h9-10,12H,1,3-7H2,2H3. The maximum absolute atomic E-state index is 5.65. The zero-order valence-corrected chi connectivity index (χ0v) is 8.94. The van der Waals surface area contributed by atoms with E-state index in [4.69, 9.17) is 16.3 Å². The molecule has 3 heteroatoms. The van der Waals surface area contributed by atoms with E-state index in [2.05, 4.69) is 18.8 Å². The van der Waals surface area contributed by atoms with Gasteiger partial charge in [-0.05, 0) is 26.2 Å². The number of nitrogens with one attached hydrogen (secondary N) is 1. The second kappa shape index (κ2) is 5.63. The Morgan fingerprint density at radius 1 is 1.77 bits per heavy atom. The first kappa shape index (κ1) is 11.0. The molecule has 13 heavy (non-hydrogen) atoms. The van der Waals surface area contributed by atoms with Crippen molar-refractivity contribution in [2.45, 2.75) is 38.3 Å². The highest BCUT2D eigenvalue weighted by Crippen LogP contribution is 2.16. The van der Waals surface area contributed by atoms with Crippen LogP contribution in [0.15, 0.2) is 11.6 Å². The van der Waals surface area contributed by atoms with Crippen LogP contribution in [0, 0.1) is 0 Å². The minimum absolute atomic E-state index is 0.450. The number of halogens is 1. The van der Waals surface area contributed by atoms with Crippen molar-refractivity contribution in [2.75, 3.05) is 13.2 Å². The third kappa shape index (κ3) is 4.65. The summed E-state index contributed by atoms with van der Waals surface area (Å²) in [5.41, 5.74) is 0. The molecule has 0 saturated carbocycles. The van der Waals surface area contributed by atoms with E-state index < -0.39 is 0 Å². The number of hydrogen-bond acceptors (Lipinski definition) is 2. The highest BCUT2D eigenvalue weighted by Gasteiger charge is 2.17. The largest absolute Gasteiger partial charge is 0.378 e. The lowest BCUT2D eigenvalue weighted by Gasteiger charge is -2.17. The van der Waals surface area contributed by atoms with Crippen LogP contribution < -0.4 is 5.32 Å². The van der Waals surface area contributed by atoms with Crippen LogP contribution in [0.5, 0.6) is 0 Å². The van der Waals surface area contributed by atoms with E-state index in [-0.39, 0.29) is 0 Å². The summed E-state index contributed by atoms with van der Waals surface area (Å²) in [5.74, 6) is 0. The van der Waals surface area contributed by atoms with Crippen LogP contribution in [0.4, 0.5) is 0 Å². The predicted octanol–water partition coefficient (Wildman–Crippen LogP) is 2.29. The lowest BCUT2D eigenvalue weighted by Crippen LogP contribution is -2.30. The topological polar surface area (TPSA) is 21.3 Å². The van der Waals surface area contributed by atoms with Gasteiger partial charge in [0.2, 0.25) is 0 Å². The first-order valence-corrected chi connectivity index (χ1v) is 5.24. The molecule has 1 rings (SSSR count). The van der Waals surface area contributed by atoms with Gasteiger partial charge in [-0.1, -0.05) is 18.2 Å². The Morgan fingerprint density at radius 3 is 3.08 bits per heavy atom. The second-order valence-electron chi connectivity index (χ2n) is 3.67. The smallest absolute Gasteiger partial charge is 0.0590 e. The Bertz CT molecular complexity index is 166. The van der Waals surface area contributed by atoms with Crippen molar-refractivity contribution in [2.24, 2.45) is 0 Å². The molecule has 1 fully saturated rings. The van der Waals surface area contributed by atoms with E-state index in [0.717, 1.165) is 13.0 Å². The summed E-state index contributed by atoms with van der Waals surface area (Å²) in [6.45, 7) is 7.40. The molecule has 1 aliphatic heterocycles. The van der Waals surface area contributed by atoms with Gasteiger partial charge in [-0.15, -0.1) is 0 Å². The molecule has 0 radical (unpaired) electrons. The number of rotatable bonds is 5. The van der Waals surface area contributed by atoms with E-state index in [1.165, 1.54) is 12.8 Å². The molecular weight excluding hydrogens is 186 g/mol. The van der Waals surface area contributed by atoms with Crippen molar-refractivity contribution in [1.29, 1.82) is 0 Å². The Labute approximate surface area is 85.3 Å². The van der Waals surface area contributed by atoms with Gasteiger partial charge in [0.15, 0.2) is 0 Å². The molecule has 2 atom stereocenters. The average molecular weight is 204 g/mol. The molecule has 76 valence electrons. The molecule has 1 N–H and O–H groups in total. The van der Waals surface area contributed by atoms with Crippen LogP contribution >= 0.6 is 11.6 Å². The molecular formula is C10H18ClNO. The van der Waals surface area contributed by atoms with Crippen molar-refractivity contribution in [3.8, 4) is 0 Å². The number of hydrogen-bond donors (Lipinski definition) is 1. The summed E-state index contributed by atoms with van der Waals surface area (Å²) < 4.78 is 5.53. The van der Waals surface area contributed by atoms with Crippen LogP contribution in [0.3, 0.4) is 0 Å². The van der Waals surface area contributed by atoms with Crippen LogP contribution in [-0.2, 0) is 4.74 Å². The highest BCUT2D eigenvalue weighted by atomic mass is 35.5. The van der Waals surface area contributed by atoms with Crippen LogP contribution in [0.1, 0.15) is 26.2 Å². The fourth-order valence-electron chi connectivity index (χ4n) is 1.59. The molecule has 1 heterocycles. The summed E-state index contributed by atoms with van der Waals surface area (Å²) in [6, 6.07) is 0.457. The SMILES string of the molecule is C=C(Cl)CNC(C)CC1CCCO1. The van der Waals surface area contributed by atoms with Crippen molar-refractivity contribution < 1.29 is 4.74 Å². The average Bonchev–Trinajstić information content (AvgIpc) is 2.53. The van der Waals surface area contributed by atoms with Gasteiger partial charge in [0.25, 0.3) is 0 Å². The van der Waals surface area contributed by atoms with E-state index in [1.807, 2.05) is 0 Å². The molecule has 2 unspecified atom stereocenters. The summed E-state index contributed by atoms with van der Waals surface area (Å²) >= 11 is 5.65. The second-order valence-corrected chi connectivity index (χ2v) is 4.20. The molecule has 0 aromatic rings. The van der Waals surface area contributed by atoms with Crippen LogP contribution in [-0.4, -0.2) is 25.3 Å². The van der Waals surface area contributed by atoms with Crippen molar-refractivity contribution >= 4 is 11.6 Å². The quantitative estimate of drug-likeness (QED) is 0.741. The Balaban J connectivity index is 2.09. The maximum atomic E-state index is 5.65. The molecule has 0 aromatic heterocycles. The van der Waals surface area contributed by atoms with Crippen molar-refractivity contribution in [3.63, 3.8) is 0 Å². The molecule has 1 saturated heterocycles. The van der Waals surface area contributed by atoms with Gasteiger partial charge in [-0.2, -0.15) is 0 Å². The van der Waals surface area contributed by atoms with Gasteiger partial charge in [-0.3, -0.25) is 0 Å². The van der Waals surface area contributed by atoms with E-state index >= 15 is 0 Å². The summed E-state index contributed by atoms with van der Waals surface area (Å²) in [5, 5.41) is 3.96. The summed E-state index contributed by atoms with van der Waals surface area (Å²) in [6.07, 6.45) is 3.93. The zero-order chi connectivity index (χ0) is 9.68. The lowest BCUT2D eigenvalue weighted by molar-refractivity contribution is 0.0967. The van der Waals surface area contributed by atoms with Crippen molar-refractivity contribution in [1.82, 2.24) is 5.32 Å². The van der Waals surface area contributed by atoms with Gasteiger partial charge >= 0.3 is 0 Å². The van der Waals surface area contributed by atoms with Crippen molar-refractivity contribution in [3.05, 3.63) is 11.6 Å². The molecule has 0 bridgehead atoms.